The van der Waals surface area contributed by atoms with Crippen LogP contribution in [0, 0.1) is 6.92 Å². The average molecular weight is 435 g/mol. The molecule has 4 N–H and O–H groups in total. The maximum absolute atomic E-state index is 6.07. The molecule has 32 heavy (non-hydrogen) atoms. The molecule has 8 heteroatoms. The normalized spacial score (nSPS) is 13.8. The molecule has 0 radical (unpaired) electrons. The monoisotopic (exact) mass is 434 g/mol. The molecule has 0 unspecified atom stereocenters. The van der Waals surface area contributed by atoms with Crippen LogP contribution in [0.2, 0.25) is 0 Å². The van der Waals surface area contributed by atoms with Crippen molar-refractivity contribution in [3.05, 3.63) is 52.8 Å². The number of aryl methyl sites for hydroxylation is 1. The summed E-state index contributed by atoms with van der Waals surface area (Å²) in [5.74, 6) is 1.35. The number of benzene rings is 1. The molecule has 1 aromatic carbocycles. The maximum atomic E-state index is 6.07. The van der Waals surface area contributed by atoms with Gasteiger partial charge in [0.25, 0.3) is 5.88 Å². The van der Waals surface area contributed by atoms with Gasteiger partial charge in [-0.3, -0.25) is 0 Å². The standard InChI is InChI=1S/C24H30N6O2/c1-14(2)32-21-16(5-7-27-22(21)25)13-31-24-23(26)28-11-20(29-24)17-9-15(3)19-6-8-30(4)12-18(19)10-17/h5,7,9-11,14H,6,8,12-13H2,1-4H3,(H2,25,27)(H2,26,28). The van der Waals surface area contributed by atoms with Gasteiger partial charge in [0.1, 0.15) is 6.61 Å². The molecule has 0 amide bonds. The second-order valence-corrected chi connectivity index (χ2v) is 8.50. The van der Waals surface area contributed by atoms with Crippen LogP contribution in [0.15, 0.2) is 30.6 Å². The zero-order valence-electron chi connectivity index (χ0n) is 19.1. The SMILES string of the molecule is Cc1cc(-c2cnc(N)c(OCc3ccnc(N)c3OC(C)C)n2)cc2c1CCN(C)C2. The van der Waals surface area contributed by atoms with Crippen LogP contribution in [0.25, 0.3) is 11.3 Å². The molecule has 0 aliphatic carbocycles. The lowest BCUT2D eigenvalue weighted by molar-refractivity contribution is 0.229. The van der Waals surface area contributed by atoms with Crippen molar-refractivity contribution in [3.63, 3.8) is 0 Å². The summed E-state index contributed by atoms with van der Waals surface area (Å²) >= 11 is 0. The Kier molecular flexibility index (Phi) is 6.14. The van der Waals surface area contributed by atoms with Crippen molar-refractivity contribution in [3.8, 4) is 22.9 Å². The molecule has 1 aliphatic rings. The Morgan fingerprint density at radius 1 is 1.16 bits per heavy atom. The van der Waals surface area contributed by atoms with Gasteiger partial charge in [0.05, 0.1) is 18.0 Å². The van der Waals surface area contributed by atoms with E-state index in [2.05, 4.69) is 46.0 Å². The lowest BCUT2D eigenvalue weighted by Gasteiger charge is -2.27. The van der Waals surface area contributed by atoms with Gasteiger partial charge in [-0.25, -0.2) is 15.0 Å². The fourth-order valence-electron chi connectivity index (χ4n) is 3.97. The Morgan fingerprint density at radius 2 is 1.97 bits per heavy atom. The molecular formula is C24H30N6O2. The largest absolute Gasteiger partial charge is 0.487 e. The summed E-state index contributed by atoms with van der Waals surface area (Å²) in [7, 11) is 2.14. The minimum absolute atomic E-state index is 0.0419. The summed E-state index contributed by atoms with van der Waals surface area (Å²) in [6.45, 7) is 8.21. The zero-order chi connectivity index (χ0) is 22.8. The lowest BCUT2D eigenvalue weighted by atomic mass is 9.92. The van der Waals surface area contributed by atoms with Gasteiger partial charge in [-0.2, -0.15) is 0 Å². The minimum Gasteiger partial charge on any atom is -0.487 e. The Balaban J connectivity index is 1.61. The molecule has 0 fully saturated rings. The Bertz CT molecular complexity index is 1130. The van der Waals surface area contributed by atoms with E-state index in [1.165, 1.54) is 16.7 Å². The molecule has 0 bridgehead atoms. The predicted molar refractivity (Wildman–Crippen MR) is 125 cm³/mol. The van der Waals surface area contributed by atoms with Crippen LogP contribution in [0.5, 0.6) is 11.6 Å². The molecule has 168 valence electrons. The summed E-state index contributed by atoms with van der Waals surface area (Å²) in [6.07, 6.45) is 4.34. The first-order valence-electron chi connectivity index (χ1n) is 10.8. The van der Waals surface area contributed by atoms with E-state index in [1.807, 2.05) is 19.9 Å². The second-order valence-electron chi connectivity index (χ2n) is 8.50. The van der Waals surface area contributed by atoms with Gasteiger partial charge in [0.2, 0.25) is 0 Å². The number of likely N-dealkylation sites (N-methyl/N-ethyl adjacent to an activating group) is 1. The van der Waals surface area contributed by atoms with Crippen LogP contribution in [-0.4, -0.2) is 39.5 Å². The number of fused-ring (bicyclic) bond motifs is 1. The zero-order valence-corrected chi connectivity index (χ0v) is 19.1. The van der Waals surface area contributed by atoms with Crippen molar-refractivity contribution in [2.45, 2.75) is 46.4 Å². The molecule has 0 spiro atoms. The molecular weight excluding hydrogens is 404 g/mol. The number of pyridine rings is 1. The fraction of sp³-hybridized carbons (Fsp3) is 0.375. The van der Waals surface area contributed by atoms with E-state index in [-0.39, 0.29) is 24.4 Å². The summed E-state index contributed by atoms with van der Waals surface area (Å²) in [5.41, 5.74) is 18.6. The second kappa shape index (κ2) is 9.00. The molecule has 8 nitrogen and oxygen atoms in total. The molecule has 0 atom stereocenters. The molecule has 2 aromatic heterocycles. The van der Waals surface area contributed by atoms with Crippen molar-refractivity contribution < 1.29 is 9.47 Å². The number of nitrogens with zero attached hydrogens (tertiary/aromatic N) is 4. The van der Waals surface area contributed by atoms with Crippen LogP contribution in [0.1, 0.15) is 36.1 Å². The fourth-order valence-corrected chi connectivity index (χ4v) is 3.97. The third-order valence-corrected chi connectivity index (χ3v) is 5.54. The van der Waals surface area contributed by atoms with Crippen LogP contribution in [0.4, 0.5) is 11.6 Å². The van der Waals surface area contributed by atoms with Crippen molar-refractivity contribution in [1.82, 2.24) is 19.9 Å². The summed E-state index contributed by atoms with van der Waals surface area (Å²) < 4.78 is 11.8. The van der Waals surface area contributed by atoms with E-state index in [4.69, 9.17) is 20.9 Å². The van der Waals surface area contributed by atoms with Crippen LogP contribution in [-0.2, 0) is 19.6 Å². The first-order valence-corrected chi connectivity index (χ1v) is 10.8. The maximum Gasteiger partial charge on any atom is 0.258 e. The van der Waals surface area contributed by atoms with Crippen LogP contribution in [0.3, 0.4) is 0 Å². The van der Waals surface area contributed by atoms with E-state index in [1.54, 1.807) is 12.4 Å². The molecule has 1 aliphatic heterocycles. The van der Waals surface area contributed by atoms with Crippen molar-refractivity contribution in [1.29, 1.82) is 0 Å². The summed E-state index contributed by atoms with van der Waals surface area (Å²) in [6, 6.07) is 6.16. The number of hydrogen-bond acceptors (Lipinski definition) is 8. The molecule has 0 saturated carbocycles. The lowest BCUT2D eigenvalue weighted by Crippen LogP contribution is -2.27. The molecule has 0 saturated heterocycles. The number of aromatic nitrogens is 3. The highest BCUT2D eigenvalue weighted by atomic mass is 16.5. The molecule has 3 heterocycles. The van der Waals surface area contributed by atoms with Gasteiger partial charge in [0, 0.05) is 30.4 Å². The van der Waals surface area contributed by atoms with Gasteiger partial charge in [-0.15, -0.1) is 0 Å². The van der Waals surface area contributed by atoms with Crippen molar-refractivity contribution >= 4 is 11.6 Å². The van der Waals surface area contributed by atoms with E-state index in [0.29, 0.717) is 11.6 Å². The van der Waals surface area contributed by atoms with Gasteiger partial charge in [-0.05, 0) is 69.1 Å². The smallest absolute Gasteiger partial charge is 0.258 e. The Hall–Kier alpha value is -3.39. The number of nitrogen functional groups attached to an aromatic ring is 2. The van der Waals surface area contributed by atoms with E-state index >= 15 is 0 Å². The Labute approximate surface area is 188 Å². The highest BCUT2D eigenvalue weighted by molar-refractivity contribution is 5.64. The highest BCUT2D eigenvalue weighted by Crippen LogP contribution is 2.31. The van der Waals surface area contributed by atoms with E-state index in [9.17, 15) is 0 Å². The van der Waals surface area contributed by atoms with E-state index < -0.39 is 0 Å². The molecule has 4 rings (SSSR count). The Morgan fingerprint density at radius 3 is 2.75 bits per heavy atom. The summed E-state index contributed by atoms with van der Waals surface area (Å²) in [4.78, 5) is 15.4. The first-order chi connectivity index (χ1) is 15.3. The van der Waals surface area contributed by atoms with Gasteiger partial charge >= 0.3 is 0 Å². The van der Waals surface area contributed by atoms with Gasteiger partial charge < -0.3 is 25.8 Å². The van der Waals surface area contributed by atoms with Crippen LogP contribution >= 0.6 is 0 Å². The quantitative estimate of drug-likeness (QED) is 0.607. The summed E-state index contributed by atoms with van der Waals surface area (Å²) in [5, 5.41) is 0. The number of anilines is 2. The highest BCUT2D eigenvalue weighted by Gasteiger charge is 2.18. The minimum atomic E-state index is -0.0419. The number of rotatable bonds is 6. The third kappa shape index (κ3) is 4.60. The van der Waals surface area contributed by atoms with Gasteiger partial charge in [-0.1, -0.05) is 0 Å². The van der Waals surface area contributed by atoms with Gasteiger partial charge in [0.15, 0.2) is 17.4 Å². The first kappa shape index (κ1) is 21.8. The third-order valence-electron chi connectivity index (χ3n) is 5.54. The molecule has 3 aromatic rings. The predicted octanol–water partition coefficient (Wildman–Crippen LogP) is 3.37. The average Bonchev–Trinajstić information content (AvgIpc) is 2.74. The number of nitrogens with two attached hydrogens (primary N) is 2. The van der Waals surface area contributed by atoms with Crippen molar-refractivity contribution in [2.24, 2.45) is 0 Å². The topological polar surface area (TPSA) is 112 Å². The number of ether oxygens (including phenoxy) is 2. The van der Waals surface area contributed by atoms with E-state index in [0.717, 1.165) is 36.3 Å². The number of hydrogen-bond donors (Lipinski definition) is 2. The van der Waals surface area contributed by atoms with Crippen molar-refractivity contribution in [2.75, 3.05) is 25.1 Å². The van der Waals surface area contributed by atoms with Crippen LogP contribution < -0.4 is 20.9 Å².